The van der Waals surface area contributed by atoms with E-state index in [0.29, 0.717) is 0 Å². The minimum absolute atomic E-state index is 0. The Hall–Kier alpha value is 5.94. The molecule has 0 spiro atoms. The maximum atomic E-state index is 2.56. The van der Waals surface area contributed by atoms with Crippen molar-refractivity contribution >= 4 is 142 Å². The van der Waals surface area contributed by atoms with Gasteiger partial charge in [-0.25, -0.2) is 0 Å². The van der Waals surface area contributed by atoms with Gasteiger partial charge in [-0.1, -0.05) is 0 Å². The molecule has 0 saturated carbocycles. The molecular formula is H10Se10Ta+5. The third kappa shape index (κ3) is 87.8. The van der Waals surface area contributed by atoms with Crippen molar-refractivity contribution in [1.82, 2.24) is 0 Å². The molecule has 0 amide bonds. The van der Waals surface area contributed by atoms with Crippen molar-refractivity contribution in [3.8, 4) is 0 Å². The maximum Gasteiger partial charge on any atom is 5.00 e. The number of hydrogen-bond donors (Lipinski definition) is 0. The summed E-state index contributed by atoms with van der Waals surface area (Å²) in [6.45, 7) is 0. The Kier molecular flexibility index (Phi) is 330. The summed E-state index contributed by atoms with van der Waals surface area (Å²) in [5.41, 5.74) is 0. The van der Waals surface area contributed by atoms with Crippen molar-refractivity contribution < 1.29 is 29.5 Å². The van der Waals surface area contributed by atoms with E-state index in [0.717, 1.165) is 0 Å². The van der Waals surface area contributed by atoms with Crippen LogP contribution in [0.25, 0.3) is 0 Å². The van der Waals surface area contributed by atoms with Crippen molar-refractivity contribution in [2.24, 2.45) is 0 Å². The fourth-order valence-electron chi connectivity index (χ4n) is 0. The Labute approximate surface area is 168 Å². The fraction of sp³-hybridized carbons (Fsp3) is 0. The van der Waals surface area contributed by atoms with Crippen LogP contribution in [0.2, 0.25) is 0 Å². The van der Waals surface area contributed by atoms with Gasteiger partial charge in [-0.15, -0.1) is 0 Å². The molecule has 0 rings (SSSR count). The normalized spacial score (nSPS) is 2.73. The van der Waals surface area contributed by atoms with Crippen molar-refractivity contribution in [2.45, 2.75) is 0 Å². The summed E-state index contributed by atoms with van der Waals surface area (Å²) < 4.78 is 0. The molecule has 0 N–H and O–H groups in total. The molecule has 0 bridgehead atoms. The Morgan fingerprint density at radius 1 is 0.455 bits per heavy atom. The molecule has 70 valence electrons. The summed E-state index contributed by atoms with van der Waals surface area (Å²) in [7, 11) is 0. The van der Waals surface area contributed by atoms with Gasteiger partial charge in [0, 0.05) is 0 Å². The first-order valence-corrected chi connectivity index (χ1v) is 24.6. The second kappa shape index (κ2) is 101. The smallest absolute Gasteiger partial charge is 5.00 e. The number of hydrogen-bond acceptors (Lipinski definition) is 0. The minimum atomic E-state index is 0. The average Bonchev–Trinajstić information content (AvgIpc) is 2.20. The van der Waals surface area contributed by atoms with Crippen LogP contribution in [0, 0.1) is 0 Å². The van der Waals surface area contributed by atoms with Crippen LogP contribution in [0.3, 0.4) is 0 Å². The predicted molar refractivity (Wildman–Crippen MR) is 70.1 cm³/mol. The van der Waals surface area contributed by atoms with Crippen molar-refractivity contribution in [3.05, 3.63) is 0 Å². The molecule has 0 nitrogen and oxygen atoms in total. The summed E-state index contributed by atoms with van der Waals surface area (Å²) in [5, 5.41) is 0. The molecule has 0 saturated heterocycles. The average molecular weight is 981 g/mol. The Balaban J connectivity index is -0.00000000198. The first-order chi connectivity index (χ1) is 5.00. The first kappa shape index (κ1) is 36.0. The zero-order chi connectivity index (χ0) is 10.0. The van der Waals surface area contributed by atoms with Crippen LogP contribution in [0.1, 0.15) is 7.13 Å². The van der Waals surface area contributed by atoms with Gasteiger partial charge in [0.05, 0.1) is 0 Å². The molecule has 0 aliphatic heterocycles. The molecule has 0 atom stereocenters. The second-order valence-electron chi connectivity index (χ2n) is 0. The predicted octanol–water partition coefficient (Wildman–Crippen LogP) is -4.59. The molecule has 0 aromatic carbocycles. The molecular weight excluding hydrogens is 971 g/mol. The molecule has 11 heavy (non-hydrogen) atoms. The van der Waals surface area contributed by atoms with Crippen molar-refractivity contribution in [2.75, 3.05) is 0 Å². The molecule has 0 aromatic heterocycles. The summed E-state index contributed by atoms with van der Waals surface area (Å²) in [6.07, 6.45) is 0. The van der Waals surface area contributed by atoms with Crippen LogP contribution in [0.5, 0.6) is 0 Å². The van der Waals surface area contributed by atoms with Gasteiger partial charge in [0.2, 0.25) is 0 Å². The van der Waals surface area contributed by atoms with E-state index < -0.39 is 0 Å². The van der Waals surface area contributed by atoms with Gasteiger partial charge in [-0.2, -0.15) is 0 Å². The van der Waals surface area contributed by atoms with Gasteiger partial charge >= 0.3 is 171 Å². The molecule has 0 aliphatic carbocycles. The molecule has 11 heteroatoms. The first-order valence-electron chi connectivity index (χ1n) is 0.913. The standard InChI is InChI=1S/5H2Se2.Ta/c5*1-2;/h5*1-2H;/q;;;;;+5. The van der Waals surface area contributed by atoms with Crippen LogP contribution in [0.15, 0.2) is 0 Å². The summed E-state index contributed by atoms with van der Waals surface area (Å²) in [4.78, 5) is 0. The van der Waals surface area contributed by atoms with E-state index in [1.54, 1.807) is 0 Å². The monoisotopic (exact) mass is 990 g/mol. The summed E-state index contributed by atoms with van der Waals surface area (Å²) >= 11 is 23.8. The van der Waals surface area contributed by atoms with Gasteiger partial charge in [0.15, 0.2) is 0 Å². The fourth-order valence-corrected chi connectivity index (χ4v) is 0. The zero-order valence-electron chi connectivity index (χ0n) is 9.72. The van der Waals surface area contributed by atoms with Crippen molar-refractivity contribution in [1.29, 1.82) is 0 Å². The second-order valence-corrected chi connectivity index (χ2v) is 0. The van der Waals surface area contributed by atoms with E-state index in [-0.39, 0.29) is 29.5 Å². The van der Waals surface area contributed by atoms with E-state index >= 15 is 0 Å². The largest absolute Gasteiger partial charge is 5.00 e. The van der Waals surface area contributed by atoms with Crippen LogP contribution in [-0.4, -0.2) is 142 Å². The SMILES string of the molecule is [H+].[H+].[H+].[H+].[H+].[Se-][SeH].[Se-][SeH].[Se-][SeH].[Se-][SeH].[Se-][SeH].[Ta+5]. The van der Waals surface area contributed by atoms with Gasteiger partial charge in [-0.3, -0.25) is 0 Å². The van der Waals surface area contributed by atoms with E-state index in [9.17, 15) is 0 Å². The van der Waals surface area contributed by atoms with Crippen LogP contribution in [-0.2, 0) is 22.4 Å². The molecule has 0 fully saturated rings. The van der Waals surface area contributed by atoms with Crippen LogP contribution < -0.4 is 0 Å². The van der Waals surface area contributed by atoms with E-state index in [1.807, 2.05) is 0 Å². The van der Waals surface area contributed by atoms with E-state index in [2.05, 4.69) is 142 Å². The van der Waals surface area contributed by atoms with Crippen LogP contribution >= 0.6 is 0 Å². The molecule has 0 heterocycles. The molecule has 0 radical (unpaired) electrons. The Morgan fingerprint density at radius 3 is 0.455 bits per heavy atom. The topological polar surface area (TPSA) is 0 Å². The van der Waals surface area contributed by atoms with Gasteiger partial charge in [-0.05, 0) is 0 Å². The summed E-state index contributed by atoms with van der Waals surface area (Å²) in [6, 6.07) is 0. The van der Waals surface area contributed by atoms with E-state index in [1.165, 1.54) is 0 Å². The van der Waals surface area contributed by atoms with Gasteiger partial charge < -0.3 is 0 Å². The summed E-state index contributed by atoms with van der Waals surface area (Å²) in [5.74, 6) is 0. The van der Waals surface area contributed by atoms with Gasteiger partial charge in [0.25, 0.3) is 0 Å². The van der Waals surface area contributed by atoms with Gasteiger partial charge in [0.1, 0.15) is 0 Å². The minimum Gasteiger partial charge on any atom is 5.00 e. The Morgan fingerprint density at radius 2 is 0.455 bits per heavy atom. The molecule has 0 unspecified atom stereocenters. The molecule has 0 aromatic rings. The van der Waals surface area contributed by atoms with Crippen LogP contribution in [0.4, 0.5) is 0 Å². The Bertz CT molecular complexity index is 19.2. The van der Waals surface area contributed by atoms with Crippen molar-refractivity contribution in [3.63, 3.8) is 0 Å². The third-order valence-electron chi connectivity index (χ3n) is 0. The van der Waals surface area contributed by atoms with E-state index in [4.69, 9.17) is 0 Å². The maximum absolute atomic E-state index is 2.56. The zero-order valence-corrected chi connectivity index (χ0v) is 25.9. The number of rotatable bonds is 0. The third-order valence-corrected chi connectivity index (χ3v) is 0. The quantitative estimate of drug-likeness (QED) is 0.215. The molecule has 0 aliphatic rings.